The maximum absolute atomic E-state index is 12.9. The van der Waals surface area contributed by atoms with Crippen LogP contribution in [0.15, 0.2) is 71.7 Å². The van der Waals surface area contributed by atoms with Crippen molar-refractivity contribution in [2.45, 2.75) is 12.7 Å². The van der Waals surface area contributed by atoms with Gasteiger partial charge in [-0.05, 0) is 48.0 Å². The number of carbonyl (C=O) groups excluding carboxylic acids is 1. The van der Waals surface area contributed by atoms with Crippen molar-refractivity contribution in [3.63, 3.8) is 0 Å². The van der Waals surface area contributed by atoms with Crippen LogP contribution in [0.5, 0.6) is 0 Å². The molecule has 1 aromatic heterocycles. The number of anilines is 1. The zero-order valence-corrected chi connectivity index (χ0v) is 15.1. The molecule has 0 aliphatic heterocycles. The molecule has 0 fully saturated rings. The molecule has 144 valence electrons. The Morgan fingerprint density at radius 2 is 1.79 bits per heavy atom. The van der Waals surface area contributed by atoms with E-state index in [9.17, 15) is 22.8 Å². The molecule has 0 aliphatic rings. The van der Waals surface area contributed by atoms with Gasteiger partial charge in [0, 0.05) is 16.9 Å². The van der Waals surface area contributed by atoms with E-state index in [2.05, 4.69) is 5.32 Å². The van der Waals surface area contributed by atoms with Crippen LogP contribution in [-0.4, -0.2) is 10.5 Å². The molecule has 2 aromatic carbocycles. The largest absolute Gasteiger partial charge is 0.416 e. The van der Waals surface area contributed by atoms with Crippen LogP contribution in [0.25, 0.3) is 0 Å². The first-order chi connectivity index (χ1) is 13.2. The summed E-state index contributed by atoms with van der Waals surface area (Å²) in [5.41, 5.74) is -0.823. The van der Waals surface area contributed by atoms with Crippen molar-refractivity contribution in [1.82, 2.24) is 4.57 Å². The topological polar surface area (TPSA) is 51.1 Å². The Morgan fingerprint density at radius 1 is 1.04 bits per heavy atom. The second-order valence-corrected chi connectivity index (χ2v) is 6.45. The number of carbonyl (C=O) groups is 1. The fourth-order valence-electron chi connectivity index (χ4n) is 2.64. The van der Waals surface area contributed by atoms with Gasteiger partial charge in [-0.3, -0.25) is 9.59 Å². The number of halogens is 4. The Hall–Kier alpha value is -3.06. The van der Waals surface area contributed by atoms with Gasteiger partial charge in [0.2, 0.25) is 0 Å². The van der Waals surface area contributed by atoms with Crippen LogP contribution in [-0.2, 0) is 12.7 Å². The van der Waals surface area contributed by atoms with Crippen molar-refractivity contribution in [2.75, 3.05) is 5.32 Å². The third-order valence-corrected chi connectivity index (χ3v) is 4.19. The number of amides is 1. The molecule has 3 aromatic rings. The minimum absolute atomic E-state index is 0.0962. The summed E-state index contributed by atoms with van der Waals surface area (Å²) >= 11 is 5.87. The molecule has 0 radical (unpaired) electrons. The standard InChI is InChI=1S/C20H14ClF3N2O2/c21-15-6-2-7-16(11-15)25-18(27)17-8-3-9-26(19(17)28)12-13-4-1-5-14(10-13)20(22,23)24/h1-11H,12H2,(H,25,27). The molecule has 0 saturated carbocycles. The lowest BCUT2D eigenvalue weighted by Gasteiger charge is -2.11. The number of alkyl halides is 3. The summed E-state index contributed by atoms with van der Waals surface area (Å²) in [5, 5.41) is 3.00. The molecule has 28 heavy (non-hydrogen) atoms. The van der Waals surface area contributed by atoms with E-state index < -0.39 is 23.2 Å². The number of nitrogens with one attached hydrogen (secondary N) is 1. The van der Waals surface area contributed by atoms with E-state index >= 15 is 0 Å². The lowest BCUT2D eigenvalue weighted by Crippen LogP contribution is -2.29. The maximum atomic E-state index is 12.9. The number of pyridine rings is 1. The first-order valence-electron chi connectivity index (χ1n) is 8.16. The van der Waals surface area contributed by atoms with Crippen molar-refractivity contribution < 1.29 is 18.0 Å². The minimum Gasteiger partial charge on any atom is -0.322 e. The van der Waals surface area contributed by atoms with Crippen LogP contribution < -0.4 is 10.9 Å². The zero-order valence-electron chi connectivity index (χ0n) is 14.3. The molecule has 1 N–H and O–H groups in total. The average Bonchev–Trinajstić information content (AvgIpc) is 2.63. The number of benzene rings is 2. The zero-order chi connectivity index (χ0) is 20.3. The summed E-state index contributed by atoms with van der Waals surface area (Å²) in [7, 11) is 0. The normalized spacial score (nSPS) is 11.3. The predicted molar refractivity (Wildman–Crippen MR) is 101 cm³/mol. The number of nitrogens with zero attached hydrogens (tertiary/aromatic N) is 1. The SMILES string of the molecule is O=C(Nc1cccc(Cl)c1)c1cccn(Cc2cccc(C(F)(F)F)c2)c1=O. The molecule has 8 heteroatoms. The molecule has 3 rings (SSSR count). The van der Waals surface area contributed by atoms with E-state index in [1.165, 1.54) is 41.1 Å². The quantitative estimate of drug-likeness (QED) is 0.675. The highest BCUT2D eigenvalue weighted by molar-refractivity contribution is 6.30. The van der Waals surface area contributed by atoms with Gasteiger partial charge in [-0.1, -0.05) is 29.8 Å². The van der Waals surface area contributed by atoms with Gasteiger partial charge in [-0.2, -0.15) is 13.2 Å². The van der Waals surface area contributed by atoms with Crippen LogP contribution >= 0.6 is 11.6 Å². The Labute approximate surface area is 163 Å². The van der Waals surface area contributed by atoms with Crippen LogP contribution in [0.3, 0.4) is 0 Å². The van der Waals surface area contributed by atoms with E-state index in [1.807, 2.05) is 0 Å². The van der Waals surface area contributed by atoms with E-state index in [0.29, 0.717) is 16.3 Å². The Morgan fingerprint density at radius 3 is 2.50 bits per heavy atom. The van der Waals surface area contributed by atoms with Gasteiger partial charge < -0.3 is 9.88 Å². The first-order valence-corrected chi connectivity index (χ1v) is 8.54. The number of rotatable bonds is 4. The molecule has 1 amide bonds. The molecule has 0 unspecified atom stereocenters. The number of hydrogen-bond acceptors (Lipinski definition) is 2. The monoisotopic (exact) mass is 406 g/mol. The Balaban J connectivity index is 1.85. The highest BCUT2D eigenvalue weighted by Gasteiger charge is 2.30. The Bertz CT molecular complexity index is 1080. The lowest BCUT2D eigenvalue weighted by molar-refractivity contribution is -0.137. The molecule has 1 heterocycles. The summed E-state index contributed by atoms with van der Waals surface area (Å²) in [4.78, 5) is 25.0. The van der Waals surface area contributed by atoms with Crippen molar-refractivity contribution in [2.24, 2.45) is 0 Å². The summed E-state index contributed by atoms with van der Waals surface area (Å²) < 4.78 is 39.8. The van der Waals surface area contributed by atoms with Gasteiger partial charge in [0.25, 0.3) is 11.5 Å². The minimum atomic E-state index is -4.47. The van der Waals surface area contributed by atoms with Crippen molar-refractivity contribution in [3.05, 3.63) is 98.9 Å². The van der Waals surface area contributed by atoms with Gasteiger partial charge in [0.05, 0.1) is 12.1 Å². The van der Waals surface area contributed by atoms with E-state index in [-0.39, 0.29) is 12.1 Å². The molecule has 4 nitrogen and oxygen atoms in total. The highest BCUT2D eigenvalue weighted by atomic mass is 35.5. The predicted octanol–water partition coefficient (Wildman–Crippen LogP) is 4.82. The van der Waals surface area contributed by atoms with Crippen LogP contribution in [0.4, 0.5) is 18.9 Å². The lowest BCUT2D eigenvalue weighted by atomic mass is 10.1. The second-order valence-electron chi connectivity index (χ2n) is 6.02. The van der Waals surface area contributed by atoms with Crippen LogP contribution in [0.2, 0.25) is 5.02 Å². The molecule has 0 spiro atoms. The first kappa shape index (κ1) is 19.7. The second kappa shape index (κ2) is 7.90. The number of aromatic nitrogens is 1. The third kappa shape index (κ3) is 4.61. The molecular weight excluding hydrogens is 393 g/mol. The average molecular weight is 407 g/mol. The number of hydrogen-bond donors (Lipinski definition) is 1. The van der Waals surface area contributed by atoms with Crippen LogP contribution in [0, 0.1) is 0 Å². The fraction of sp³-hybridized carbons (Fsp3) is 0.100. The van der Waals surface area contributed by atoms with E-state index in [0.717, 1.165) is 12.1 Å². The van der Waals surface area contributed by atoms with Gasteiger partial charge in [0.1, 0.15) is 5.56 Å². The third-order valence-electron chi connectivity index (χ3n) is 3.95. The van der Waals surface area contributed by atoms with E-state index in [4.69, 9.17) is 11.6 Å². The van der Waals surface area contributed by atoms with Crippen LogP contribution in [0.1, 0.15) is 21.5 Å². The van der Waals surface area contributed by atoms with Crippen molar-refractivity contribution in [3.8, 4) is 0 Å². The van der Waals surface area contributed by atoms with Gasteiger partial charge in [-0.25, -0.2) is 0 Å². The van der Waals surface area contributed by atoms with E-state index in [1.54, 1.807) is 18.2 Å². The van der Waals surface area contributed by atoms with Crippen molar-refractivity contribution >= 4 is 23.2 Å². The molecule has 0 saturated heterocycles. The Kier molecular flexibility index (Phi) is 5.56. The van der Waals surface area contributed by atoms with Gasteiger partial charge in [-0.15, -0.1) is 0 Å². The van der Waals surface area contributed by atoms with Crippen molar-refractivity contribution in [1.29, 1.82) is 0 Å². The summed E-state index contributed by atoms with van der Waals surface area (Å²) in [5.74, 6) is -0.634. The molecule has 0 atom stereocenters. The molecule has 0 bridgehead atoms. The van der Waals surface area contributed by atoms with Gasteiger partial charge >= 0.3 is 6.18 Å². The smallest absolute Gasteiger partial charge is 0.322 e. The molecular formula is C20H14ClF3N2O2. The summed E-state index contributed by atoms with van der Waals surface area (Å²) in [6, 6.07) is 14.0. The van der Waals surface area contributed by atoms with Gasteiger partial charge in [0.15, 0.2) is 0 Å². The summed E-state index contributed by atoms with van der Waals surface area (Å²) in [6.07, 6.45) is -3.06. The fourth-order valence-corrected chi connectivity index (χ4v) is 2.83. The summed E-state index contributed by atoms with van der Waals surface area (Å²) in [6.45, 7) is -0.0962. The highest BCUT2D eigenvalue weighted by Crippen LogP contribution is 2.29. The maximum Gasteiger partial charge on any atom is 0.416 e. The molecule has 0 aliphatic carbocycles.